The monoisotopic (exact) mass is 667 g/mol. The second-order valence-corrected chi connectivity index (χ2v) is 13.5. The number of benzene rings is 4. The second kappa shape index (κ2) is 12.8. The molecule has 4 aliphatic heterocycles. The Morgan fingerprint density at radius 1 is 0.857 bits per heavy atom. The molecule has 49 heavy (non-hydrogen) atoms. The maximum Gasteiger partial charge on any atom is 0.359 e. The van der Waals surface area contributed by atoms with E-state index in [9.17, 15) is 15.0 Å². The van der Waals surface area contributed by atoms with Gasteiger partial charge in [0.05, 0.1) is 40.5 Å². The Bertz CT molecular complexity index is 1910. The fourth-order valence-corrected chi connectivity index (χ4v) is 7.83. The van der Waals surface area contributed by atoms with Crippen LogP contribution in [0.25, 0.3) is 0 Å². The topological polar surface area (TPSA) is 107 Å². The predicted molar refractivity (Wildman–Crippen MR) is 184 cm³/mol. The number of hydrogen-bond donors (Lipinski definition) is 2. The Labute approximate surface area is 286 Å². The molecule has 0 aliphatic carbocycles. The lowest BCUT2D eigenvalue weighted by molar-refractivity contribution is -0.934. The zero-order chi connectivity index (χ0) is 34.4. The number of fused-ring (bicyclic) bond motifs is 2. The molecule has 4 aliphatic rings. The van der Waals surface area contributed by atoms with Crippen molar-refractivity contribution >= 4 is 5.97 Å². The number of ether oxygens (including phenoxy) is 5. The Kier molecular flexibility index (Phi) is 8.54. The SMILES string of the molecule is COc1ccc2cc1Oc1ccc(cc1)CC1c3cc(c(OC)cc3CCN1C)Oc1c(O)c(OC)cc3c1C(C2)[N+](C)(CC(=O)O)CC3. The van der Waals surface area contributed by atoms with Crippen molar-refractivity contribution in [2.75, 3.05) is 55.1 Å². The lowest BCUT2D eigenvalue weighted by Crippen LogP contribution is -2.54. The summed E-state index contributed by atoms with van der Waals surface area (Å²) in [6, 6.07) is 19.5. The summed E-state index contributed by atoms with van der Waals surface area (Å²) in [5.74, 6) is 2.35. The van der Waals surface area contributed by atoms with Gasteiger partial charge in [-0.1, -0.05) is 18.2 Å². The van der Waals surface area contributed by atoms with E-state index in [0.717, 1.165) is 47.2 Å². The predicted octanol–water partition coefficient (Wildman–Crippen LogP) is 6.46. The van der Waals surface area contributed by atoms with Crippen molar-refractivity contribution in [2.45, 2.75) is 37.8 Å². The summed E-state index contributed by atoms with van der Waals surface area (Å²) in [4.78, 5) is 14.7. The van der Waals surface area contributed by atoms with Crippen molar-refractivity contribution < 1.29 is 43.2 Å². The number of hydrogen-bond acceptors (Lipinski definition) is 8. The minimum atomic E-state index is -0.903. The Hall–Kier alpha value is -4.93. The number of carbonyl (C=O) groups is 1. The van der Waals surface area contributed by atoms with Gasteiger partial charge in [0.1, 0.15) is 11.8 Å². The molecular weight excluding hydrogens is 624 g/mol. The second-order valence-electron chi connectivity index (χ2n) is 13.5. The molecule has 4 aromatic rings. The first kappa shape index (κ1) is 32.6. The van der Waals surface area contributed by atoms with Gasteiger partial charge in [-0.2, -0.15) is 0 Å². The zero-order valence-electron chi connectivity index (χ0n) is 28.6. The maximum absolute atomic E-state index is 12.4. The molecule has 256 valence electrons. The molecular formula is C39H43N2O8+. The standard InChI is InChI=1S/C39H42N2O8/c1-40-14-12-25-19-32(46-4)34-21-28(25)29(40)16-23-6-9-27(10-7-23)48-33-18-24(8-11-31(33)45-3)17-30-37-26(13-15-41(30,2)22-36(42)43)20-35(47-5)38(44)39(37)49-34/h6-11,18-21,29-30H,12-17,22H2,1-5H3,(H-,42,43,44)/p+1. The highest BCUT2D eigenvalue weighted by Gasteiger charge is 2.44. The highest BCUT2D eigenvalue weighted by Crippen LogP contribution is 2.53. The largest absolute Gasteiger partial charge is 0.502 e. The first-order chi connectivity index (χ1) is 23.6. The Morgan fingerprint density at radius 2 is 1.55 bits per heavy atom. The summed E-state index contributed by atoms with van der Waals surface area (Å²) >= 11 is 0. The smallest absolute Gasteiger partial charge is 0.359 e. The van der Waals surface area contributed by atoms with E-state index in [4.69, 9.17) is 23.7 Å². The van der Waals surface area contributed by atoms with Crippen LogP contribution in [0.1, 0.15) is 45.5 Å². The van der Waals surface area contributed by atoms with E-state index >= 15 is 0 Å². The van der Waals surface area contributed by atoms with Crippen LogP contribution in [-0.4, -0.2) is 80.6 Å². The molecule has 10 nitrogen and oxygen atoms in total. The number of nitrogens with zero attached hydrogens (tertiary/aromatic N) is 2. The third-order valence-electron chi connectivity index (χ3n) is 10.5. The van der Waals surface area contributed by atoms with E-state index in [-0.39, 0.29) is 28.6 Å². The normalized spacial score (nSPS) is 21.3. The molecule has 2 N–H and O–H groups in total. The molecule has 0 spiro atoms. The van der Waals surface area contributed by atoms with E-state index in [1.165, 1.54) is 12.7 Å². The van der Waals surface area contributed by atoms with Crippen LogP contribution in [0.5, 0.6) is 46.0 Å². The lowest BCUT2D eigenvalue weighted by Gasteiger charge is -2.45. The van der Waals surface area contributed by atoms with Crippen molar-refractivity contribution in [1.82, 2.24) is 4.90 Å². The van der Waals surface area contributed by atoms with Crippen molar-refractivity contribution in [3.63, 3.8) is 0 Å². The number of quaternary nitrogens is 1. The average Bonchev–Trinajstić information content (AvgIpc) is 3.08. The number of phenols is 1. The Morgan fingerprint density at radius 3 is 2.27 bits per heavy atom. The number of phenolic OH excluding ortho intramolecular Hbond substituents is 1. The number of carboxylic acids is 1. The van der Waals surface area contributed by atoms with E-state index in [1.807, 2.05) is 55.6 Å². The third kappa shape index (κ3) is 6.00. The van der Waals surface area contributed by atoms with Gasteiger partial charge in [0, 0.05) is 25.4 Å². The molecule has 8 rings (SSSR count). The number of aromatic hydroxyl groups is 1. The van der Waals surface area contributed by atoms with Gasteiger partial charge in [0.15, 0.2) is 41.0 Å². The molecule has 10 heteroatoms. The molecule has 0 saturated carbocycles. The van der Waals surface area contributed by atoms with Gasteiger partial charge in [-0.25, -0.2) is 4.79 Å². The molecule has 3 unspecified atom stereocenters. The molecule has 0 fully saturated rings. The summed E-state index contributed by atoms with van der Waals surface area (Å²) in [5, 5.41) is 21.9. The first-order valence-corrected chi connectivity index (χ1v) is 16.6. The third-order valence-corrected chi connectivity index (χ3v) is 10.5. The number of rotatable bonds is 5. The maximum atomic E-state index is 12.4. The van der Waals surface area contributed by atoms with E-state index in [2.05, 4.69) is 24.1 Å². The number of carboxylic acid groups (broad SMARTS) is 1. The summed E-state index contributed by atoms with van der Waals surface area (Å²) < 4.78 is 30.7. The molecule has 6 bridgehead atoms. The minimum Gasteiger partial charge on any atom is -0.502 e. The van der Waals surface area contributed by atoms with Gasteiger partial charge in [-0.05, 0) is 90.2 Å². The van der Waals surface area contributed by atoms with Crippen molar-refractivity contribution in [2.24, 2.45) is 0 Å². The molecule has 4 aromatic carbocycles. The first-order valence-electron chi connectivity index (χ1n) is 16.6. The van der Waals surface area contributed by atoms with Crippen molar-refractivity contribution in [3.8, 4) is 46.0 Å². The quantitative estimate of drug-likeness (QED) is 0.232. The van der Waals surface area contributed by atoms with Crippen LogP contribution >= 0.6 is 0 Å². The van der Waals surface area contributed by atoms with Gasteiger partial charge in [-0.15, -0.1) is 0 Å². The van der Waals surface area contributed by atoms with E-state index in [0.29, 0.717) is 53.9 Å². The number of aliphatic carboxylic acids is 1. The summed E-state index contributed by atoms with van der Waals surface area (Å²) in [6.07, 6.45) is 2.63. The summed E-state index contributed by atoms with van der Waals surface area (Å²) in [6.45, 7) is 1.35. The number of methoxy groups -OCH3 is 3. The van der Waals surface area contributed by atoms with Crippen LogP contribution in [0, 0.1) is 0 Å². The van der Waals surface area contributed by atoms with Crippen LogP contribution in [0.15, 0.2) is 60.7 Å². The van der Waals surface area contributed by atoms with Gasteiger partial charge in [0.2, 0.25) is 5.75 Å². The van der Waals surface area contributed by atoms with E-state index < -0.39 is 12.0 Å². The van der Waals surface area contributed by atoms with E-state index in [1.54, 1.807) is 14.2 Å². The molecule has 0 aromatic heterocycles. The van der Waals surface area contributed by atoms with Gasteiger partial charge in [0.25, 0.3) is 0 Å². The van der Waals surface area contributed by atoms with Crippen molar-refractivity contribution in [3.05, 3.63) is 94.0 Å². The van der Waals surface area contributed by atoms with Crippen LogP contribution in [0.4, 0.5) is 0 Å². The van der Waals surface area contributed by atoms with Crippen LogP contribution < -0.4 is 23.7 Å². The zero-order valence-corrected chi connectivity index (χ0v) is 28.6. The van der Waals surface area contributed by atoms with Gasteiger partial charge >= 0.3 is 5.97 Å². The average molecular weight is 668 g/mol. The molecule has 4 heterocycles. The minimum absolute atomic E-state index is 0.0653. The van der Waals surface area contributed by atoms with Crippen molar-refractivity contribution in [1.29, 1.82) is 0 Å². The number of likely N-dealkylation sites (N-methyl/N-ethyl adjacent to an activating group) is 2. The Balaban J connectivity index is 1.49. The van der Waals surface area contributed by atoms with Gasteiger partial charge in [-0.3, -0.25) is 4.90 Å². The van der Waals surface area contributed by atoms with Crippen LogP contribution in [0.3, 0.4) is 0 Å². The van der Waals surface area contributed by atoms with Crippen LogP contribution in [0.2, 0.25) is 0 Å². The van der Waals surface area contributed by atoms with Crippen LogP contribution in [-0.2, 0) is 30.5 Å². The molecule has 0 amide bonds. The molecule has 0 saturated heterocycles. The highest BCUT2D eigenvalue weighted by atomic mass is 16.5. The highest BCUT2D eigenvalue weighted by molar-refractivity contribution is 5.68. The summed E-state index contributed by atoms with van der Waals surface area (Å²) in [7, 11) is 8.85. The fourth-order valence-electron chi connectivity index (χ4n) is 7.83. The molecule has 0 radical (unpaired) electrons. The summed E-state index contributed by atoms with van der Waals surface area (Å²) in [5.41, 5.74) is 6.08. The molecule has 3 atom stereocenters. The lowest BCUT2D eigenvalue weighted by atomic mass is 9.85. The fraction of sp³-hybridized carbons (Fsp3) is 0.359. The van der Waals surface area contributed by atoms with Gasteiger partial charge < -0.3 is 38.4 Å².